The Balaban J connectivity index is 2.37. The van der Waals surface area contributed by atoms with E-state index in [1.807, 2.05) is 43.3 Å². The maximum Gasteiger partial charge on any atom is 0.330 e. The van der Waals surface area contributed by atoms with Crippen molar-refractivity contribution < 1.29 is 13.9 Å². The van der Waals surface area contributed by atoms with E-state index in [-0.39, 0.29) is 5.82 Å². The molecule has 0 saturated carbocycles. The van der Waals surface area contributed by atoms with E-state index in [2.05, 4.69) is 0 Å². The van der Waals surface area contributed by atoms with Crippen LogP contribution in [0.2, 0.25) is 0 Å². The molecular weight excluding hydrogens is 331 g/mol. The summed E-state index contributed by atoms with van der Waals surface area (Å²) in [5.41, 5.74) is 3.33. The van der Waals surface area contributed by atoms with Crippen LogP contribution in [0.15, 0.2) is 54.6 Å². The van der Waals surface area contributed by atoms with E-state index in [1.165, 1.54) is 25.3 Å². The minimum absolute atomic E-state index is 0.299. The highest BCUT2D eigenvalue weighted by molar-refractivity contribution is 6.03. The van der Waals surface area contributed by atoms with Crippen molar-refractivity contribution in [1.82, 2.24) is 4.98 Å². The largest absolute Gasteiger partial charge is 0.466 e. The van der Waals surface area contributed by atoms with Gasteiger partial charge in [0.15, 0.2) is 0 Å². The van der Waals surface area contributed by atoms with Gasteiger partial charge >= 0.3 is 5.97 Å². The number of benzene rings is 2. The maximum absolute atomic E-state index is 13.4. The summed E-state index contributed by atoms with van der Waals surface area (Å²) < 4.78 is 18.1. The number of para-hydroxylation sites is 1. The van der Waals surface area contributed by atoms with Crippen molar-refractivity contribution in [3.63, 3.8) is 0 Å². The first-order chi connectivity index (χ1) is 12.5. The fourth-order valence-electron chi connectivity index (χ4n) is 2.86. The van der Waals surface area contributed by atoms with Crippen LogP contribution in [0.5, 0.6) is 0 Å². The van der Waals surface area contributed by atoms with Gasteiger partial charge in [-0.3, -0.25) is 0 Å². The van der Waals surface area contributed by atoms with E-state index in [4.69, 9.17) is 9.72 Å². The number of pyridine rings is 1. The summed E-state index contributed by atoms with van der Waals surface area (Å²) in [5.74, 6) is -0.0392. The van der Waals surface area contributed by atoms with E-state index < -0.39 is 5.97 Å². The zero-order valence-electron chi connectivity index (χ0n) is 14.9. The Morgan fingerprint density at radius 3 is 2.46 bits per heavy atom. The third-order valence-corrected chi connectivity index (χ3v) is 4.05. The molecule has 0 atom stereocenters. The highest BCUT2D eigenvalue weighted by Gasteiger charge is 2.16. The molecule has 0 radical (unpaired) electrons. The molecule has 26 heavy (non-hydrogen) atoms. The summed E-state index contributed by atoms with van der Waals surface area (Å²) in [6.45, 7) is 0. The number of anilines is 1. The van der Waals surface area contributed by atoms with Gasteiger partial charge in [0.2, 0.25) is 0 Å². The molecule has 0 bridgehead atoms. The van der Waals surface area contributed by atoms with Gasteiger partial charge in [-0.25, -0.2) is 14.2 Å². The van der Waals surface area contributed by atoms with Crippen LogP contribution < -0.4 is 4.90 Å². The number of carbonyl (C=O) groups excluding carboxylic acids is 1. The van der Waals surface area contributed by atoms with Crippen LogP contribution in [0.1, 0.15) is 5.56 Å². The third kappa shape index (κ3) is 3.42. The van der Waals surface area contributed by atoms with Gasteiger partial charge in [-0.05, 0) is 29.8 Å². The first kappa shape index (κ1) is 17.6. The molecule has 3 aromatic rings. The van der Waals surface area contributed by atoms with E-state index in [0.29, 0.717) is 5.82 Å². The van der Waals surface area contributed by atoms with Gasteiger partial charge < -0.3 is 9.64 Å². The van der Waals surface area contributed by atoms with Gasteiger partial charge in [0.25, 0.3) is 0 Å². The Hall–Kier alpha value is -3.21. The molecule has 132 valence electrons. The number of ether oxygens (including phenoxy) is 1. The molecule has 0 amide bonds. The van der Waals surface area contributed by atoms with Crippen LogP contribution in [0.4, 0.5) is 10.2 Å². The molecule has 0 unspecified atom stereocenters. The van der Waals surface area contributed by atoms with Crippen LogP contribution in [0.25, 0.3) is 28.1 Å². The smallest absolute Gasteiger partial charge is 0.330 e. The minimum atomic E-state index is -0.451. The number of fused-ring (bicyclic) bond motifs is 1. The standard InChI is InChI=1S/C21H19FN2O2/c1-24(2)21-17(12-13-19(25)26-3)20(14-8-10-15(22)11-9-14)16-6-4-5-7-18(16)23-21/h4-13H,1-3H3. The van der Waals surface area contributed by atoms with Gasteiger partial charge in [-0.2, -0.15) is 0 Å². The Bertz CT molecular complexity index is 979. The van der Waals surface area contributed by atoms with Gasteiger partial charge in [-0.1, -0.05) is 30.3 Å². The second-order valence-corrected chi connectivity index (χ2v) is 6.00. The number of hydrogen-bond donors (Lipinski definition) is 0. The summed E-state index contributed by atoms with van der Waals surface area (Å²) in [5, 5.41) is 0.925. The number of methoxy groups -OCH3 is 1. The summed E-state index contributed by atoms with van der Waals surface area (Å²) in [6, 6.07) is 14.1. The molecule has 1 aromatic heterocycles. The number of aromatic nitrogens is 1. The monoisotopic (exact) mass is 350 g/mol. The molecule has 4 nitrogen and oxygen atoms in total. The Morgan fingerprint density at radius 1 is 1.12 bits per heavy atom. The van der Waals surface area contributed by atoms with Gasteiger partial charge in [0.05, 0.1) is 12.6 Å². The number of halogens is 1. The molecule has 1 heterocycles. The van der Waals surface area contributed by atoms with Crippen LogP contribution in [-0.4, -0.2) is 32.2 Å². The highest BCUT2D eigenvalue weighted by atomic mass is 19.1. The average molecular weight is 350 g/mol. The van der Waals surface area contributed by atoms with Crippen molar-refractivity contribution >= 4 is 28.8 Å². The molecule has 0 aliphatic rings. The predicted molar refractivity (Wildman–Crippen MR) is 103 cm³/mol. The van der Waals surface area contributed by atoms with Gasteiger partial charge in [-0.15, -0.1) is 0 Å². The second-order valence-electron chi connectivity index (χ2n) is 6.00. The molecule has 3 rings (SSSR count). The number of esters is 1. The predicted octanol–water partition coefficient (Wildman–Crippen LogP) is 4.29. The number of nitrogens with zero attached hydrogens (tertiary/aromatic N) is 2. The van der Waals surface area contributed by atoms with Crippen molar-refractivity contribution in [1.29, 1.82) is 0 Å². The molecule has 0 aliphatic heterocycles. The molecule has 0 aliphatic carbocycles. The lowest BCUT2D eigenvalue weighted by Gasteiger charge is -2.20. The van der Waals surface area contributed by atoms with E-state index >= 15 is 0 Å². The fourth-order valence-corrected chi connectivity index (χ4v) is 2.86. The molecular formula is C21H19FN2O2. The molecule has 0 spiro atoms. The Morgan fingerprint density at radius 2 is 1.81 bits per heavy atom. The average Bonchev–Trinajstić information content (AvgIpc) is 2.65. The van der Waals surface area contributed by atoms with Gasteiger partial charge in [0.1, 0.15) is 11.6 Å². The topological polar surface area (TPSA) is 42.4 Å². The zero-order chi connectivity index (χ0) is 18.7. The summed E-state index contributed by atoms with van der Waals surface area (Å²) in [7, 11) is 5.11. The third-order valence-electron chi connectivity index (χ3n) is 4.05. The molecule has 0 saturated heterocycles. The molecule has 2 aromatic carbocycles. The quantitative estimate of drug-likeness (QED) is 0.520. The molecule has 0 N–H and O–H groups in total. The summed E-state index contributed by atoms with van der Waals surface area (Å²) in [6.07, 6.45) is 3.06. The number of rotatable bonds is 4. The first-order valence-corrected chi connectivity index (χ1v) is 8.13. The Kier molecular flexibility index (Phi) is 4.98. The maximum atomic E-state index is 13.4. The minimum Gasteiger partial charge on any atom is -0.466 e. The van der Waals surface area contributed by atoms with E-state index in [1.54, 1.807) is 18.2 Å². The van der Waals surface area contributed by atoms with Crippen molar-refractivity contribution in [2.75, 3.05) is 26.1 Å². The SMILES string of the molecule is COC(=O)C=Cc1c(N(C)C)nc2ccccc2c1-c1ccc(F)cc1. The lowest BCUT2D eigenvalue weighted by atomic mass is 9.95. The number of hydrogen-bond acceptors (Lipinski definition) is 4. The zero-order valence-corrected chi connectivity index (χ0v) is 14.9. The van der Waals surface area contributed by atoms with Crippen molar-refractivity contribution in [3.05, 3.63) is 66.0 Å². The van der Waals surface area contributed by atoms with Crippen LogP contribution >= 0.6 is 0 Å². The first-order valence-electron chi connectivity index (χ1n) is 8.13. The van der Waals surface area contributed by atoms with E-state index in [9.17, 15) is 9.18 Å². The van der Waals surface area contributed by atoms with E-state index in [0.717, 1.165) is 27.6 Å². The van der Waals surface area contributed by atoms with Crippen molar-refractivity contribution in [2.24, 2.45) is 0 Å². The lowest BCUT2D eigenvalue weighted by Crippen LogP contribution is -2.13. The molecule has 0 fully saturated rings. The summed E-state index contributed by atoms with van der Waals surface area (Å²) >= 11 is 0. The second kappa shape index (κ2) is 7.35. The fraction of sp³-hybridized carbons (Fsp3) is 0.143. The van der Waals surface area contributed by atoms with Crippen molar-refractivity contribution in [3.8, 4) is 11.1 Å². The molecule has 5 heteroatoms. The Labute approximate surface area is 151 Å². The number of carbonyl (C=O) groups is 1. The lowest BCUT2D eigenvalue weighted by molar-refractivity contribution is -0.134. The van der Waals surface area contributed by atoms with Gasteiger partial charge in [0, 0.05) is 36.7 Å². The van der Waals surface area contributed by atoms with Crippen LogP contribution in [-0.2, 0) is 9.53 Å². The van der Waals surface area contributed by atoms with Crippen LogP contribution in [0, 0.1) is 5.82 Å². The summed E-state index contributed by atoms with van der Waals surface area (Å²) in [4.78, 5) is 18.2. The highest BCUT2D eigenvalue weighted by Crippen LogP contribution is 2.37. The van der Waals surface area contributed by atoms with Crippen molar-refractivity contribution in [2.45, 2.75) is 0 Å². The van der Waals surface area contributed by atoms with Crippen LogP contribution in [0.3, 0.4) is 0 Å². The normalized spacial score (nSPS) is 11.1.